The van der Waals surface area contributed by atoms with Crippen LogP contribution in [0.2, 0.25) is 0 Å². The number of amides is 1. The van der Waals surface area contributed by atoms with Crippen LogP contribution in [0.15, 0.2) is 4.99 Å². The van der Waals surface area contributed by atoms with Crippen LogP contribution in [0.5, 0.6) is 0 Å². The fourth-order valence-electron chi connectivity index (χ4n) is 0.949. The number of nitrogens with zero attached hydrogens (tertiary/aromatic N) is 2. The van der Waals surface area contributed by atoms with Crippen LogP contribution in [-0.2, 0) is 4.79 Å². The molecule has 0 aliphatic carbocycles. The Hall–Kier alpha value is -1.26. The third kappa shape index (κ3) is 7.09. The summed E-state index contributed by atoms with van der Waals surface area (Å²) >= 11 is 0. The van der Waals surface area contributed by atoms with Gasteiger partial charge in [-0.2, -0.15) is 0 Å². The van der Waals surface area contributed by atoms with Crippen LogP contribution in [0.1, 0.15) is 26.7 Å². The molecule has 0 aliphatic heterocycles. The second-order valence-electron chi connectivity index (χ2n) is 3.81. The number of aliphatic imine (C=N–C) groups is 1. The molecule has 5 heteroatoms. The summed E-state index contributed by atoms with van der Waals surface area (Å²) in [6, 6.07) is 0. The molecule has 0 aromatic heterocycles. The summed E-state index contributed by atoms with van der Waals surface area (Å²) in [7, 11) is 3.47. The molecule has 0 saturated heterocycles. The van der Waals surface area contributed by atoms with Crippen molar-refractivity contribution in [1.29, 1.82) is 0 Å². The predicted octanol–water partition coefficient (Wildman–Crippen LogP) is 0.430. The minimum absolute atomic E-state index is 0.00842. The molecule has 0 unspecified atom stereocenters. The van der Waals surface area contributed by atoms with Crippen molar-refractivity contribution >= 4 is 11.9 Å². The first-order valence-electron chi connectivity index (χ1n) is 5.84. The van der Waals surface area contributed by atoms with E-state index in [0.717, 1.165) is 31.9 Å². The molecule has 0 fully saturated rings. The number of hydrogen-bond donors (Lipinski definition) is 2. The second kappa shape index (κ2) is 9.00. The number of guanidine groups is 1. The van der Waals surface area contributed by atoms with Gasteiger partial charge in [-0.05, 0) is 12.8 Å². The second-order valence-corrected chi connectivity index (χ2v) is 3.81. The lowest BCUT2D eigenvalue weighted by molar-refractivity contribution is -0.127. The van der Waals surface area contributed by atoms with Crippen molar-refractivity contribution in [1.82, 2.24) is 15.5 Å². The van der Waals surface area contributed by atoms with Crippen molar-refractivity contribution in [3.05, 3.63) is 0 Å². The van der Waals surface area contributed by atoms with E-state index >= 15 is 0 Å². The summed E-state index contributed by atoms with van der Waals surface area (Å²) in [6.45, 7) is 6.11. The molecule has 0 saturated carbocycles. The van der Waals surface area contributed by atoms with Gasteiger partial charge in [0.2, 0.25) is 5.91 Å². The molecule has 0 aromatic rings. The van der Waals surface area contributed by atoms with E-state index in [1.165, 1.54) is 0 Å². The molecule has 0 radical (unpaired) electrons. The molecule has 5 nitrogen and oxygen atoms in total. The molecule has 0 aliphatic rings. The third-order valence-electron chi connectivity index (χ3n) is 1.96. The fraction of sp³-hybridized carbons (Fsp3) is 0.818. The molecule has 0 aromatic carbocycles. The van der Waals surface area contributed by atoms with E-state index in [9.17, 15) is 4.79 Å². The normalized spacial score (nSPS) is 9.50. The highest BCUT2D eigenvalue weighted by atomic mass is 16.2. The van der Waals surface area contributed by atoms with E-state index in [0.29, 0.717) is 0 Å². The Morgan fingerprint density at radius 1 is 1.12 bits per heavy atom. The Labute approximate surface area is 98.3 Å². The van der Waals surface area contributed by atoms with E-state index in [2.05, 4.69) is 29.5 Å². The van der Waals surface area contributed by atoms with Gasteiger partial charge in [0.15, 0.2) is 5.96 Å². The number of nitrogens with one attached hydrogen (secondary N) is 2. The largest absolute Gasteiger partial charge is 0.356 e. The fourth-order valence-corrected chi connectivity index (χ4v) is 0.949. The van der Waals surface area contributed by atoms with Crippen molar-refractivity contribution in [2.75, 3.05) is 33.7 Å². The minimum Gasteiger partial charge on any atom is -0.356 e. The predicted molar refractivity (Wildman–Crippen MR) is 67.6 cm³/mol. The third-order valence-corrected chi connectivity index (χ3v) is 1.96. The molecule has 1 amide bonds. The molecule has 0 bridgehead atoms. The van der Waals surface area contributed by atoms with Crippen molar-refractivity contribution in [2.45, 2.75) is 26.7 Å². The highest BCUT2D eigenvalue weighted by molar-refractivity contribution is 5.84. The van der Waals surface area contributed by atoms with E-state index in [1.54, 1.807) is 19.0 Å². The zero-order valence-electron chi connectivity index (χ0n) is 10.8. The number of rotatable bonds is 6. The van der Waals surface area contributed by atoms with Gasteiger partial charge in [0, 0.05) is 27.2 Å². The van der Waals surface area contributed by atoms with Crippen LogP contribution in [-0.4, -0.2) is 50.5 Å². The zero-order valence-corrected chi connectivity index (χ0v) is 10.8. The highest BCUT2D eigenvalue weighted by Crippen LogP contribution is 1.82. The van der Waals surface area contributed by atoms with E-state index < -0.39 is 0 Å². The number of carbonyl (C=O) groups is 1. The molecule has 16 heavy (non-hydrogen) atoms. The first-order chi connectivity index (χ1) is 7.61. The Kier molecular flexibility index (Phi) is 8.29. The van der Waals surface area contributed by atoms with Gasteiger partial charge in [0.25, 0.3) is 0 Å². The monoisotopic (exact) mass is 228 g/mol. The lowest BCUT2D eigenvalue weighted by Gasteiger charge is -2.12. The van der Waals surface area contributed by atoms with Gasteiger partial charge in [-0.1, -0.05) is 13.8 Å². The summed E-state index contributed by atoms with van der Waals surface area (Å²) in [5.74, 6) is 0.730. The molecule has 0 heterocycles. The van der Waals surface area contributed by atoms with Gasteiger partial charge in [-0.25, -0.2) is 4.99 Å². The van der Waals surface area contributed by atoms with E-state index in [-0.39, 0.29) is 12.5 Å². The summed E-state index contributed by atoms with van der Waals surface area (Å²) < 4.78 is 0. The molecule has 0 atom stereocenters. The summed E-state index contributed by atoms with van der Waals surface area (Å²) in [4.78, 5) is 17.1. The van der Waals surface area contributed by atoms with Gasteiger partial charge in [0.1, 0.15) is 6.54 Å². The molecule has 94 valence electrons. The topological polar surface area (TPSA) is 56.7 Å². The van der Waals surface area contributed by atoms with Crippen molar-refractivity contribution in [3.8, 4) is 0 Å². The zero-order chi connectivity index (χ0) is 12.4. The van der Waals surface area contributed by atoms with Crippen molar-refractivity contribution in [3.63, 3.8) is 0 Å². The van der Waals surface area contributed by atoms with Crippen LogP contribution in [0.25, 0.3) is 0 Å². The Balaban J connectivity index is 4.14. The maximum Gasteiger partial charge on any atom is 0.243 e. The van der Waals surface area contributed by atoms with Crippen molar-refractivity contribution < 1.29 is 4.79 Å². The standard InChI is InChI=1S/C11H24N4O/c1-5-7-12-11(13-8-6-2)14-9-10(16)15(3)4/h5-9H2,1-4H3,(H2,12,13,14). The first-order valence-corrected chi connectivity index (χ1v) is 5.84. The number of carbonyl (C=O) groups excluding carboxylic acids is 1. The molecular formula is C11H24N4O. The number of hydrogen-bond acceptors (Lipinski definition) is 2. The minimum atomic E-state index is 0.00842. The lowest BCUT2D eigenvalue weighted by Crippen LogP contribution is -2.39. The summed E-state index contributed by atoms with van der Waals surface area (Å²) in [5, 5.41) is 6.33. The Morgan fingerprint density at radius 3 is 2.00 bits per heavy atom. The van der Waals surface area contributed by atoms with Crippen LogP contribution in [0, 0.1) is 0 Å². The van der Waals surface area contributed by atoms with Gasteiger partial charge < -0.3 is 15.5 Å². The SMILES string of the molecule is CCCNC(=NCC(=O)N(C)C)NCCC. The quantitative estimate of drug-likeness (QED) is 0.512. The van der Waals surface area contributed by atoms with Gasteiger partial charge in [-0.15, -0.1) is 0 Å². The summed E-state index contributed by atoms with van der Waals surface area (Å²) in [6.07, 6.45) is 2.07. The van der Waals surface area contributed by atoms with Crippen LogP contribution < -0.4 is 10.6 Å². The maximum atomic E-state index is 11.4. The average Bonchev–Trinajstić information content (AvgIpc) is 2.27. The smallest absolute Gasteiger partial charge is 0.243 e. The van der Waals surface area contributed by atoms with Crippen LogP contribution in [0.3, 0.4) is 0 Å². The van der Waals surface area contributed by atoms with Crippen LogP contribution >= 0.6 is 0 Å². The van der Waals surface area contributed by atoms with Gasteiger partial charge in [-0.3, -0.25) is 4.79 Å². The summed E-state index contributed by atoms with van der Waals surface area (Å²) in [5.41, 5.74) is 0. The van der Waals surface area contributed by atoms with Gasteiger partial charge in [0.05, 0.1) is 0 Å². The Morgan fingerprint density at radius 2 is 1.62 bits per heavy atom. The molecule has 2 N–H and O–H groups in total. The first kappa shape index (κ1) is 14.7. The highest BCUT2D eigenvalue weighted by Gasteiger charge is 2.03. The van der Waals surface area contributed by atoms with E-state index in [4.69, 9.17) is 0 Å². The van der Waals surface area contributed by atoms with Crippen molar-refractivity contribution in [2.24, 2.45) is 4.99 Å². The lowest BCUT2D eigenvalue weighted by atomic mass is 10.4. The maximum absolute atomic E-state index is 11.4. The number of likely N-dealkylation sites (N-methyl/N-ethyl adjacent to an activating group) is 1. The molecule has 0 rings (SSSR count). The van der Waals surface area contributed by atoms with Crippen LogP contribution in [0.4, 0.5) is 0 Å². The van der Waals surface area contributed by atoms with Gasteiger partial charge >= 0.3 is 0 Å². The molecule has 0 spiro atoms. The molecular weight excluding hydrogens is 204 g/mol. The Bertz CT molecular complexity index is 216. The average molecular weight is 228 g/mol. The van der Waals surface area contributed by atoms with E-state index in [1.807, 2.05) is 0 Å².